The van der Waals surface area contributed by atoms with Gasteiger partial charge in [0, 0.05) is 0 Å². The van der Waals surface area contributed by atoms with Gasteiger partial charge in [-0.2, -0.15) is 0 Å². The molecule has 0 heterocycles. The molecule has 2 rings (SSSR count). The molecule has 0 bridgehead atoms. The van der Waals surface area contributed by atoms with Crippen LogP contribution in [0.2, 0.25) is 0 Å². The number of ether oxygens (including phenoxy) is 2. The van der Waals surface area contributed by atoms with E-state index >= 15 is 0 Å². The lowest BCUT2D eigenvalue weighted by Crippen LogP contribution is -2.33. The summed E-state index contributed by atoms with van der Waals surface area (Å²) in [6.45, 7) is 2.33. The van der Waals surface area contributed by atoms with Crippen LogP contribution in [0.25, 0.3) is 0 Å². The Morgan fingerprint density at radius 2 is 1.71 bits per heavy atom. The first-order chi connectivity index (χ1) is 11.7. The molecule has 126 valence electrons. The van der Waals surface area contributed by atoms with E-state index in [0.29, 0.717) is 18.0 Å². The van der Waals surface area contributed by atoms with E-state index in [9.17, 15) is 9.59 Å². The maximum Gasteiger partial charge on any atom is 0.407 e. The van der Waals surface area contributed by atoms with Crippen LogP contribution in [0.1, 0.15) is 12.5 Å². The predicted molar refractivity (Wildman–Crippen MR) is 90.9 cm³/mol. The van der Waals surface area contributed by atoms with Crippen molar-refractivity contribution in [2.45, 2.75) is 13.5 Å². The molecule has 2 aromatic carbocycles. The minimum atomic E-state index is -0.646. The van der Waals surface area contributed by atoms with Crippen LogP contribution in [-0.2, 0) is 16.1 Å². The van der Waals surface area contributed by atoms with E-state index in [1.165, 1.54) is 0 Å². The number of amides is 2. The molecule has 0 aliphatic rings. The van der Waals surface area contributed by atoms with Crippen LogP contribution in [-0.4, -0.2) is 25.2 Å². The molecule has 2 N–H and O–H groups in total. The van der Waals surface area contributed by atoms with Crippen LogP contribution in [0.5, 0.6) is 5.75 Å². The van der Waals surface area contributed by atoms with Crippen LogP contribution in [0.15, 0.2) is 54.6 Å². The standard InChI is InChI=1S/C18H20N2O4/c1-2-23-16-11-7-6-10-15(16)20-17(21)12-19-18(22)24-13-14-8-4-3-5-9-14/h3-11H,2,12-13H2,1H3,(H,19,22)(H,20,21). The summed E-state index contributed by atoms with van der Waals surface area (Å²) in [6.07, 6.45) is -0.646. The molecular formula is C18H20N2O4. The maximum absolute atomic E-state index is 11.9. The van der Waals surface area contributed by atoms with Gasteiger partial charge in [0.15, 0.2) is 0 Å². The van der Waals surface area contributed by atoms with Crippen LogP contribution in [0, 0.1) is 0 Å². The molecule has 0 aromatic heterocycles. The van der Waals surface area contributed by atoms with E-state index in [1.807, 2.05) is 43.3 Å². The highest BCUT2D eigenvalue weighted by Gasteiger charge is 2.09. The average molecular weight is 328 g/mol. The zero-order valence-electron chi connectivity index (χ0n) is 13.5. The highest BCUT2D eigenvalue weighted by molar-refractivity contribution is 5.95. The number of benzene rings is 2. The fraction of sp³-hybridized carbons (Fsp3) is 0.222. The minimum absolute atomic E-state index is 0.154. The quantitative estimate of drug-likeness (QED) is 0.819. The second-order valence-electron chi connectivity index (χ2n) is 4.89. The molecule has 6 heteroatoms. The van der Waals surface area contributed by atoms with Gasteiger partial charge in [-0.3, -0.25) is 4.79 Å². The monoisotopic (exact) mass is 328 g/mol. The minimum Gasteiger partial charge on any atom is -0.492 e. The lowest BCUT2D eigenvalue weighted by molar-refractivity contribution is -0.115. The van der Waals surface area contributed by atoms with Crippen molar-refractivity contribution in [3.05, 3.63) is 60.2 Å². The summed E-state index contributed by atoms with van der Waals surface area (Å²) in [4.78, 5) is 23.5. The van der Waals surface area contributed by atoms with E-state index in [2.05, 4.69) is 10.6 Å². The number of carbonyl (C=O) groups excluding carboxylic acids is 2. The molecule has 0 fully saturated rings. The molecule has 0 spiro atoms. The van der Waals surface area contributed by atoms with Crippen molar-refractivity contribution in [2.75, 3.05) is 18.5 Å². The topological polar surface area (TPSA) is 76.7 Å². The van der Waals surface area contributed by atoms with Crippen molar-refractivity contribution in [1.29, 1.82) is 0 Å². The lowest BCUT2D eigenvalue weighted by Gasteiger charge is -2.11. The first-order valence-corrected chi connectivity index (χ1v) is 7.65. The van der Waals surface area contributed by atoms with Gasteiger partial charge in [0.2, 0.25) is 5.91 Å². The van der Waals surface area contributed by atoms with Gasteiger partial charge < -0.3 is 20.1 Å². The van der Waals surface area contributed by atoms with Crippen molar-refractivity contribution in [3.63, 3.8) is 0 Å². The molecular weight excluding hydrogens is 308 g/mol. The van der Waals surface area contributed by atoms with E-state index in [-0.39, 0.29) is 19.1 Å². The summed E-state index contributed by atoms with van der Waals surface area (Å²) in [5.41, 5.74) is 1.44. The molecule has 0 saturated carbocycles. The highest BCUT2D eigenvalue weighted by Crippen LogP contribution is 2.23. The fourth-order valence-electron chi connectivity index (χ4n) is 1.97. The summed E-state index contributed by atoms with van der Waals surface area (Å²) in [6, 6.07) is 16.4. The molecule has 6 nitrogen and oxygen atoms in total. The second kappa shape index (κ2) is 9.19. The third kappa shape index (κ3) is 5.64. The smallest absolute Gasteiger partial charge is 0.407 e. The molecule has 24 heavy (non-hydrogen) atoms. The van der Waals surface area contributed by atoms with Crippen LogP contribution >= 0.6 is 0 Å². The number of nitrogens with one attached hydrogen (secondary N) is 2. The third-order valence-electron chi connectivity index (χ3n) is 3.07. The lowest BCUT2D eigenvalue weighted by atomic mass is 10.2. The zero-order valence-corrected chi connectivity index (χ0v) is 13.5. The number of alkyl carbamates (subject to hydrolysis) is 1. The molecule has 0 aliphatic heterocycles. The Morgan fingerprint density at radius 1 is 1.00 bits per heavy atom. The molecule has 2 amide bonds. The summed E-state index contributed by atoms with van der Waals surface area (Å²) >= 11 is 0. The predicted octanol–water partition coefficient (Wildman–Crippen LogP) is 2.95. The molecule has 0 atom stereocenters. The number of rotatable bonds is 7. The van der Waals surface area contributed by atoms with Crippen molar-refractivity contribution in [3.8, 4) is 5.75 Å². The Bertz CT molecular complexity index is 674. The Kier molecular flexibility index (Phi) is 6.64. The Morgan fingerprint density at radius 3 is 2.46 bits per heavy atom. The zero-order chi connectivity index (χ0) is 17.2. The van der Waals surface area contributed by atoms with Gasteiger partial charge in [-0.25, -0.2) is 4.79 Å². The Labute approximate surface area is 140 Å². The number of hydrogen-bond acceptors (Lipinski definition) is 4. The van der Waals surface area contributed by atoms with Gasteiger partial charge in [0.1, 0.15) is 18.9 Å². The average Bonchev–Trinajstić information content (AvgIpc) is 2.61. The Hall–Kier alpha value is -3.02. The number of para-hydroxylation sites is 2. The van der Waals surface area contributed by atoms with Crippen LogP contribution in [0.3, 0.4) is 0 Å². The first-order valence-electron chi connectivity index (χ1n) is 7.65. The summed E-state index contributed by atoms with van der Waals surface area (Å²) in [5, 5.41) is 5.10. The first kappa shape index (κ1) is 17.3. The second-order valence-corrected chi connectivity index (χ2v) is 4.89. The van der Waals surface area contributed by atoms with E-state index in [4.69, 9.17) is 9.47 Å². The van der Waals surface area contributed by atoms with Crippen molar-refractivity contribution >= 4 is 17.7 Å². The van der Waals surface area contributed by atoms with Gasteiger partial charge in [-0.1, -0.05) is 42.5 Å². The highest BCUT2D eigenvalue weighted by atomic mass is 16.5. The van der Waals surface area contributed by atoms with E-state index < -0.39 is 6.09 Å². The SMILES string of the molecule is CCOc1ccccc1NC(=O)CNC(=O)OCc1ccccc1. The summed E-state index contributed by atoms with van der Waals surface area (Å²) < 4.78 is 10.5. The molecule has 0 radical (unpaired) electrons. The van der Waals surface area contributed by atoms with Gasteiger partial charge in [0.05, 0.1) is 12.3 Å². The molecule has 2 aromatic rings. The number of hydrogen-bond donors (Lipinski definition) is 2. The van der Waals surface area contributed by atoms with Crippen LogP contribution in [0.4, 0.5) is 10.5 Å². The third-order valence-corrected chi connectivity index (χ3v) is 3.07. The largest absolute Gasteiger partial charge is 0.492 e. The van der Waals surface area contributed by atoms with Gasteiger partial charge in [-0.15, -0.1) is 0 Å². The van der Waals surface area contributed by atoms with Crippen LogP contribution < -0.4 is 15.4 Å². The van der Waals surface area contributed by atoms with Gasteiger partial charge >= 0.3 is 6.09 Å². The summed E-state index contributed by atoms with van der Waals surface area (Å²) in [7, 11) is 0. The molecule has 0 unspecified atom stereocenters. The van der Waals surface area contributed by atoms with Crippen molar-refractivity contribution in [2.24, 2.45) is 0 Å². The van der Waals surface area contributed by atoms with E-state index in [0.717, 1.165) is 5.56 Å². The summed E-state index contributed by atoms with van der Waals surface area (Å²) in [5.74, 6) is 0.221. The van der Waals surface area contributed by atoms with Gasteiger partial charge in [0.25, 0.3) is 0 Å². The molecule has 0 aliphatic carbocycles. The fourth-order valence-corrected chi connectivity index (χ4v) is 1.97. The molecule has 0 saturated heterocycles. The maximum atomic E-state index is 11.9. The van der Waals surface area contributed by atoms with E-state index in [1.54, 1.807) is 18.2 Å². The number of anilines is 1. The van der Waals surface area contributed by atoms with Crippen molar-refractivity contribution < 1.29 is 19.1 Å². The van der Waals surface area contributed by atoms with Crippen molar-refractivity contribution in [1.82, 2.24) is 5.32 Å². The Balaban J connectivity index is 1.75. The van der Waals surface area contributed by atoms with Gasteiger partial charge in [-0.05, 0) is 24.6 Å². The number of carbonyl (C=O) groups is 2. The normalized spacial score (nSPS) is 9.88.